The van der Waals surface area contributed by atoms with Gasteiger partial charge in [0, 0.05) is 56.1 Å². The van der Waals surface area contributed by atoms with Gasteiger partial charge in [0.15, 0.2) is 5.82 Å². The van der Waals surface area contributed by atoms with E-state index >= 15 is 0 Å². The van der Waals surface area contributed by atoms with E-state index in [1.165, 1.54) is 6.20 Å². The van der Waals surface area contributed by atoms with Gasteiger partial charge in [0.2, 0.25) is 0 Å². The molecule has 2 aliphatic heterocycles. The van der Waals surface area contributed by atoms with Crippen molar-refractivity contribution in [3.05, 3.63) is 41.7 Å². The highest BCUT2D eigenvalue weighted by molar-refractivity contribution is 5.48. The van der Waals surface area contributed by atoms with Crippen LogP contribution in [0.25, 0.3) is 0 Å². The second-order valence-corrected chi connectivity index (χ2v) is 7.82. The number of halogens is 1. The summed E-state index contributed by atoms with van der Waals surface area (Å²) in [5.41, 5.74) is 2.46. The largest absolute Gasteiger partial charge is 0.396 e. The molecule has 7 nitrogen and oxygen atoms in total. The molecule has 146 valence electrons. The summed E-state index contributed by atoms with van der Waals surface area (Å²) in [6, 6.07) is 1.71. The molecule has 0 spiro atoms. The van der Waals surface area contributed by atoms with Crippen LogP contribution in [0.2, 0.25) is 0 Å². The maximum atomic E-state index is 14.1. The van der Waals surface area contributed by atoms with Crippen molar-refractivity contribution < 1.29 is 14.6 Å². The van der Waals surface area contributed by atoms with E-state index in [0.29, 0.717) is 24.7 Å². The van der Waals surface area contributed by atoms with Crippen LogP contribution in [0.3, 0.4) is 0 Å². The number of likely N-dealkylation sites (tertiary alicyclic amines) is 1. The molecular weight excluding hydrogens is 349 g/mol. The Labute approximate surface area is 158 Å². The van der Waals surface area contributed by atoms with Gasteiger partial charge in [-0.1, -0.05) is 0 Å². The van der Waals surface area contributed by atoms with Crippen molar-refractivity contribution in [3.63, 3.8) is 0 Å². The average molecular weight is 375 g/mol. The van der Waals surface area contributed by atoms with Gasteiger partial charge in [-0.2, -0.15) is 5.10 Å². The minimum Gasteiger partial charge on any atom is -0.396 e. The van der Waals surface area contributed by atoms with E-state index in [1.807, 2.05) is 18.0 Å². The number of rotatable bonds is 6. The molecule has 2 fully saturated rings. The number of aryl methyl sites for hydroxylation is 1. The molecule has 0 saturated carbocycles. The fourth-order valence-corrected chi connectivity index (χ4v) is 4.62. The molecular formula is C19H26FN5O2. The highest BCUT2D eigenvalue weighted by atomic mass is 19.1. The molecule has 4 heterocycles. The van der Waals surface area contributed by atoms with Crippen LogP contribution < -0.4 is 4.90 Å². The molecule has 0 bridgehead atoms. The van der Waals surface area contributed by atoms with Crippen LogP contribution in [0.1, 0.15) is 11.3 Å². The topological polar surface area (TPSA) is 77.7 Å². The van der Waals surface area contributed by atoms with E-state index in [4.69, 9.17) is 5.11 Å². The summed E-state index contributed by atoms with van der Waals surface area (Å²) in [6.45, 7) is 6.46. The SMILES string of the molecule is Cc1nn(CCO)cc1CN1CC2CN(c3ccncc3F)CC2(CO)C1. The Kier molecular flexibility index (Phi) is 4.88. The smallest absolute Gasteiger partial charge is 0.164 e. The normalized spacial score (nSPS) is 25.3. The van der Waals surface area contributed by atoms with E-state index in [0.717, 1.165) is 37.4 Å². The molecule has 4 rings (SSSR count). The summed E-state index contributed by atoms with van der Waals surface area (Å²) in [7, 11) is 0. The Balaban J connectivity index is 1.46. The first-order chi connectivity index (χ1) is 13.0. The lowest BCUT2D eigenvalue weighted by Crippen LogP contribution is -2.37. The van der Waals surface area contributed by atoms with Crippen molar-refractivity contribution in [2.75, 3.05) is 44.3 Å². The van der Waals surface area contributed by atoms with Gasteiger partial charge < -0.3 is 15.1 Å². The maximum absolute atomic E-state index is 14.1. The minimum atomic E-state index is -0.311. The van der Waals surface area contributed by atoms with Crippen molar-refractivity contribution in [2.24, 2.45) is 11.3 Å². The van der Waals surface area contributed by atoms with Gasteiger partial charge in [-0.15, -0.1) is 0 Å². The summed E-state index contributed by atoms with van der Waals surface area (Å²) in [4.78, 5) is 8.22. The standard InChI is InChI=1S/C19H26FN5O2/c1-14-15(8-25(22-14)4-5-26)7-23-9-16-10-24(12-19(16,11-23)13-27)18-2-3-21-6-17(18)20/h2-3,6,8,16,26-27H,4-5,7,9-13H2,1H3. The Morgan fingerprint density at radius 2 is 2.15 bits per heavy atom. The molecule has 0 aromatic carbocycles. The lowest BCUT2D eigenvalue weighted by atomic mass is 9.82. The highest BCUT2D eigenvalue weighted by Crippen LogP contribution is 2.44. The van der Waals surface area contributed by atoms with E-state index in [-0.39, 0.29) is 24.4 Å². The molecule has 2 aromatic rings. The van der Waals surface area contributed by atoms with E-state index < -0.39 is 0 Å². The molecule has 2 atom stereocenters. The van der Waals surface area contributed by atoms with Crippen LogP contribution >= 0.6 is 0 Å². The van der Waals surface area contributed by atoms with E-state index in [1.54, 1.807) is 16.9 Å². The van der Waals surface area contributed by atoms with Gasteiger partial charge in [-0.3, -0.25) is 14.6 Å². The number of nitrogens with zero attached hydrogens (tertiary/aromatic N) is 5. The average Bonchev–Trinajstić information content (AvgIpc) is 3.27. The monoisotopic (exact) mass is 375 g/mol. The third-order valence-electron chi connectivity index (χ3n) is 6.01. The maximum Gasteiger partial charge on any atom is 0.164 e. The number of hydrogen-bond acceptors (Lipinski definition) is 6. The number of aliphatic hydroxyl groups excluding tert-OH is 2. The molecule has 0 amide bonds. The van der Waals surface area contributed by atoms with Crippen molar-refractivity contribution in [1.29, 1.82) is 0 Å². The minimum absolute atomic E-state index is 0.0708. The molecule has 2 N–H and O–H groups in total. The molecule has 2 aliphatic rings. The fraction of sp³-hybridized carbons (Fsp3) is 0.579. The number of fused-ring (bicyclic) bond motifs is 1. The number of aromatic nitrogens is 3. The third-order valence-corrected chi connectivity index (χ3v) is 6.01. The number of anilines is 1. The Morgan fingerprint density at radius 3 is 2.85 bits per heavy atom. The lowest BCUT2D eigenvalue weighted by molar-refractivity contribution is 0.125. The summed E-state index contributed by atoms with van der Waals surface area (Å²) >= 11 is 0. The second-order valence-electron chi connectivity index (χ2n) is 7.82. The van der Waals surface area contributed by atoms with Crippen LogP contribution in [0, 0.1) is 24.1 Å². The quantitative estimate of drug-likeness (QED) is 0.772. The molecule has 0 aliphatic carbocycles. The second kappa shape index (κ2) is 7.18. The van der Waals surface area contributed by atoms with Crippen LogP contribution in [-0.2, 0) is 13.1 Å². The zero-order valence-corrected chi connectivity index (χ0v) is 15.6. The first-order valence-electron chi connectivity index (χ1n) is 9.36. The number of hydrogen-bond donors (Lipinski definition) is 2. The van der Waals surface area contributed by atoms with Crippen molar-refractivity contribution in [1.82, 2.24) is 19.7 Å². The molecule has 2 aromatic heterocycles. The molecule has 0 radical (unpaired) electrons. The van der Waals surface area contributed by atoms with Gasteiger partial charge in [0.1, 0.15) is 0 Å². The summed E-state index contributed by atoms with van der Waals surface area (Å²) < 4.78 is 15.9. The summed E-state index contributed by atoms with van der Waals surface area (Å²) in [5.74, 6) is -0.0165. The molecule has 27 heavy (non-hydrogen) atoms. The van der Waals surface area contributed by atoms with Gasteiger partial charge in [0.05, 0.1) is 37.3 Å². The molecule has 8 heteroatoms. The third kappa shape index (κ3) is 3.33. The zero-order valence-electron chi connectivity index (χ0n) is 15.6. The lowest BCUT2D eigenvalue weighted by Gasteiger charge is -2.28. The summed E-state index contributed by atoms with van der Waals surface area (Å²) in [5, 5.41) is 23.7. The van der Waals surface area contributed by atoms with Gasteiger partial charge in [-0.05, 0) is 18.9 Å². The molecule has 2 unspecified atom stereocenters. The van der Waals surface area contributed by atoms with Crippen molar-refractivity contribution in [3.8, 4) is 0 Å². The Morgan fingerprint density at radius 1 is 1.30 bits per heavy atom. The van der Waals surface area contributed by atoms with Crippen LogP contribution in [0.5, 0.6) is 0 Å². The zero-order chi connectivity index (χ0) is 19.0. The predicted octanol–water partition coefficient (Wildman–Crippen LogP) is 0.649. The summed E-state index contributed by atoms with van der Waals surface area (Å²) in [6.07, 6.45) is 4.84. The van der Waals surface area contributed by atoms with Gasteiger partial charge in [-0.25, -0.2) is 4.39 Å². The van der Waals surface area contributed by atoms with Crippen LogP contribution in [0.15, 0.2) is 24.7 Å². The van der Waals surface area contributed by atoms with Gasteiger partial charge in [0.25, 0.3) is 0 Å². The van der Waals surface area contributed by atoms with Crippen molar-refractivity contribution >= 4 is 5.69 Å². The number of aliphatic hydroxyl groups is 2. The Bertz CT molecular complexity index is 813. The highest BCUT2D eigenvalue weighted by Gasteiger charge is 2.52. The van der Waals surface area contributed by atoms with Crippen molar-refractivity contribution in [2.45, 2.75) is 20.0 Å². The van der Waals surface area contributed by atoms with Gasteiger partial charge >= 0.3 is 0 Å². The van der Waals surface area contributed by atoms with E-state index in [2.05, 4.69) is 15.0 Å². The van der Waals surface area contributed by atoms with Crippen LogP contribution in [0.4, 0.5) is 10.1 Å². The fourth-order valence-electron chi connectivity index (χ4n) is 4.62. The van der Waals surface area contributed by atoms with E-state index in [9.17, 15) is 9.50 Å². The predicted molar refractivity (Wildman–Crippen MR) is 98.7 cm³/mol. The van der Waals surface area contributed by atoms with Crippen LogP contribution in [-0.4, -0.2) is 69.3 Å². The first kappa shape index (κ1) is 18.3. The first-order valence-corrected chi connectivity index (χ1v) is 9.36. The number of pyridine rings is 1. The molecule has 2 saturated heterocycles. The Hall–Kier alpha value is -2.03.